The van der Waals surface area contributed by atoms with E-state index in [9.17, 15) is 13.2 Å². The molecule has 126 valence electrons. The Morgan fingerprint density at radius 1 is 1.00 bits per heavy atom. The summed E-state index contributed by atoms with van der Waals surface area (Å²) in [5.41, 5.74) is 1.90. The first-order valence-corrected chi connectivity index (χ1v) is 7.03. The van der Waals surface area contributed by atoms with Gasteiger partial charge in [0.1, 0.15) is 11.4 Å². The minimum atomic E-state index is -4.72. The fourth-order valence-electron chi connectivity index (χ4n) is 1.77. The van der Waals surface area contributed by atoms with Gasteiger partial charge in [-0.3, -0.25) is 0 Å². The molecule has 0 fully saturated rings. The molecule has 0 aliphatic heterocycles. The Hall–Kier alpha value is -2.83. The predicted molar refractivity (Wildman–Crippen MR) is 83.9 cm³/mol. The number of halogens is 3. The number of hydrogen-bond acceptors (Lipinski definition) is 4. The first-order valence-electron chi connectivity index (χ1n) is 7.03. The monoisotopic (exact) mass is 336 g/mol. The zero-order valence-electron chi connectivity index (χ0n) is 13.0. The summed E-state index contributed by atoms with van der Waals surface area (Å²) < 4.78 is 45.6. The largest absolute Gasteiger partial charge is 0.573 e. The Balaban J connectivity index is 2.16. The Morgan fingerprint density at radius 3 is 2.33 bits per heavy atom. The van der Waals surface area contributed by atoms with Gasteiger partial charge in [-0.25, -0.2) is 0 Å². The molecule has 2 aromatic rings. The van der Waals surface area contributed by atoms with Gasteiger partial charge in [-0.05, 0) is 55.8 Å². The van der Waals surface area contributed by atoms with Crippen molar-refractivity contribution in [2.24, 2.45) is 10.2 Å². The Bertz CT molecular complexity index is 738. The third-order valence-electron chi connectivity index (χ3n) is 2.79. The zero-order chi connectivity index (χ0) is 17.6. The molecule has 24 heavy (non-hydrogen) atoms. The lowest BCUT2D eigenvalue weighted by atomic mass is 10.2. The summed E-state index contributed by atoms with van der Waals surface area (Å²) in [4.78, 5) is 0. The van der Waals surface area contributed by atoms with Crippen LogP contribution < -0.4 is 9.47 Å². The molecule has 0 N–H and O–H groups in total. The fourth-order valence-corrected chi connectivity index (χ4v) is 1.77. The summed E-state index contributed by atoms with van der Waals surface area (Å²) in [6, 6.07) is 10.5. The standard InChI is InChI=1S/C17H15F3N2O2/c1-3-10-23-16-11-12(2)4-9-15(16)22-21-13-5-7-14(8-6-13)24-17(18,19)20/h3-11H,1-2H3. The quantitative estimate of drug-likeness (QED) is 0.480. The van der Waals surface area contributed by atoms with E-state index in [0.717, 1.165) is 5.56 Å². The van der Waals surface area contributed by atoms with Crippen LogP contribution in [0.1, 0.15) is 12.5 Å². The van der Waals surface area contributed by atoms with Crippen LogP contribution in [0.25, 0.3) is 0 Å². The second-order valence-electron chi connectivity index (χ2n) is 4.80. The third kappa shape index (κ3) is 5.42. The number of nitrogens with zero attached hydrogens (tertiary/aromatic N) is 2. The first-order chi connectivity index (χ1) is 11.4. The Labute approximate surface area is 137 Å². The summed E-state index contributed by atoms with van der Waals surface area (Å²) in [6.45, 7) is 3.74. The van der Waals surface area contributed by atoms with Crippen LogP contribution in [0.4, 0.5) is 24.5 Å². The lowest BCUT2D eigenvalue weighted by Gasteiger charge is -2.08. The molecule has 0 saturated heterocycles. The minimum absolute atomic E-state index is 0.311. The summed E-state index contributed by atoms with van der Waals surface area (Å²) in [6.07, 6.45) is -1.45. The van der Waals surface area contributed by atoms with Crippen LogP contribution in [0.3, 0.4) is 0 Å². The molecular weight excluding hydrogens is 321 g/mol. The van der Waals surface area contributed by atoms with Crippen LogP contribution in [0.2, 0.25) is 0 Å². The Morgan fingerprint density at radius 2 is 1.71 bits per heavy atom. The molecule has 0 spiro atoms. The highest BCUT2D eigenvalue weighted by Gasteiger charge is 2.30. The van der Waals surface area contributed by atoms with Gasteiger partial charge >= 0.3 is 6.36 Å². The maximum atomic E-state index is 12.1. The Kier molecular flexibility index (Phi) is 5.57. The second kappa shape index (κ2) is 7.63. The van der Waals surface area contributed by atoms with Crippen molar-refractivity contribution in [3.63, 3.8) is 0 Å². The van der Waals surface area contributed by atoms with Gasteiger partial charge < -0.3 is 9.47 Å². The van der Waals surface area contributed by atoms with E-state index in [4.69, 9.17) is 4.74 Å². The van der Waals surface area contributed by atoms with Crippen molar-refractivity contribution in [3.05, 3.63) is 60.4 Å². The van der Waals surface area contributed by atoms with Gasteiger partial charge in [0, 0.05) is 0 Å². The molecule has 0 saturated carbocycles. The van der Waals surface area contributed by atoms with E-state index in [1.807, 2.05) is 26.0 Å². The molecule has 0 unspecified atom stereocenters. The van der Waals surface area contributed by atoms with E-state index in [1.165, 1.54) is 30.5 Å². The maximum Gasteiger partial charge on any atom is 0.573 e. The van der Waals surface area contributed by atoms with Crippen molar-refractivity contribution in [2.45, 2.75) is 20.2 Å². The summed E-state index contributed by atoms with van der Waals surface area (Å²) >= 11 is 0. The van der Waals surface area contributed by atoms with Gasteiger partial charge in [0.2, 0.25) is 0 Å². The molecule has 2 rings (SSSR count). The van der Waals surface area contributed by atoms with Gasteiger partial charge in [-0.1, -0.05) is 12.1 Å². The smallest absolute Gasteiger partial charge is 0.463 e. The molecule has 4 nitrogen and oxygen atoms in total. The molecule has 0 aromatic heterocycles. The number of hydrogen-bond donors (Lipinski definition) is 0. The number of alkyl halides is 3. The van der Waals surface area contributed by atoms with E-state index in [1.54, 1.807) is 12.1 Å². The summed E-state index contributed by atoms with van der Waals surface area (Å²) in [5.74, 6) is 0.225. The fraction of sp³-hybridized carbons (Fsp3) is 0.176. The SMILES string of the molecule is CC=COc1cc(C)ccc1N=Nc1ccc(OC(F)(F)F)cc1. The van der Waals surface area contributed by atoms with Crippen molar-refractivity contribution < 1.29 is 22.6 Å². The van der Waals surface area contributed by atoms with Gasteiger partial charge in [-0.15, -0.1) is 18.3 Å². The van der Waals surface area contributed by atoms with Crippen molar-refractivity contribution >= 4 is 11.4 Å². The van der Waals surface area contributed by atoms with Crippen molar-refractivity contribution in [2.75, 3.05) is 0 Å². The number of aryl methyl sites for hydroxylation is 1. The molecule has 0 radical (unpaired) electrons. The highest BCUT2D eigenvalue weighted by Crippen LogP contribution is 2.31. The van der Waals surface area contributed by atoms with Crippen LogP contribution in [0.5, 0.6) is 11.5 Å². The lowest BCUT2D eigenvalue weighted by Crippen LogP contribution is -2.16. The van der Waals surface area contributed by atoms with E-state index in [-0.39, 0.29) is 5.75 Å². The molecule has 2 aromatic carbocycles. The minimum Gasteiger partial charge on any atom is -0.463 e. The first kappa shape index (κ1) is 17.5. The lowest BCUT2D eigenvalue weighted by molar-refractivity contribution is -0.274. The number of benzene rings is 2. The van der Waals surface area contributed by atoms with Gasteiger partial charge in [-0.2, -0.15) is 5.11 Å². The normalized spacial score (nSPS) is 12.0. The second-order valence-corrected chi connectivity index (χ2v) is 4.80. The van der Waals surface area contributed by atoms with Crippen LogP contribution in [-0.4, -0.2) is 6.36 Å². The summed E-state index contributed by atoms with van der Waals surface area (Å²) in [5, 5.41) is 8.07. The van der Waals surface area contributed by atoms with Crippen LogP contribution in [0.15, 0.2) is 65.0 Å². The number of ether oxygens (including phenoxy) is 2. The van der Waals surface area contributed by atoms with E-state index >= 15 is 0 Å². The maximum absolute atomic E-state index is 12.1. The number of azo groups is 1. The third-order valence-corrected chi connectivity index (χ3v) is 2.79. The predicted octanol–water partition coefficient (Wildman–Crippen LogP) is 6.22. The molecule has 0 aliphatic rings. The van der Waals surface area contributed by atoms with E-state index < -0.39 is 6.36 Å². The molecule has 0 aliphatic carbocycles. The van der Waals surface area contributed by atoms with Crippen molar-refractivity contribution in [1.29, 1.82) is 0 Å². The van der Waals surface area contributed by atoms with Crippen molar-refractivity contribution in [3.8, 4) is 11.5 Å². The molecule has 0 atom stereocenters. The zero-order valence-corrected chi connectivity index (χ0v) is 13.0. The van der Waals surface area contributed by atoms with Crippen LogP contribution >= 0.6 is 0 Å². The molecule has 0 heterocycles. The molecule has 7 heteroatoms. The van der Waals surface area contributed by atoms with E-state index in [0.29, 0.717) is 17.1 Å². The van der Waals surface area contributed by atoms with Gasteiger partial charge in [0.25, 0.3) is 0 Å². The highest BCUT2D eigenvalue weighted by molar-refractivity contribution is 5.53. The van der Waals surface area contributed by atoms with Gasteiger partial charge in [0.05, 0.1) is 11.9 Å². The number of allylic oxidation sites excluding steroid dienone is 1. The van der Waals surface area contributed by atoms with Crippen molar-refractivity contribution in [1.82, 2.24) is 0 Å². The number of rotatable bonds is 5. The highest BCUT2D eigenvalue weighted by atomic mass is 19.4. The van der Waals surface area contributed by atoms with Gasteiger partial charge in [0.15, 0.2) is 5.75 Å². The van der Waals surface area contributed by atoms with E-state index in [2.05, 4.69) is 15.0 Å². The molecular formula is C17H15F3N2O2. The topological polar surface area (TPSA) is 43.2 Å². The molecule has 0 amide bonds. The average Bonchev–Trinajstić information content (AvgIpc) is 2.52. The summed E-state index contributed by atoms with van der Waals surface area (Å²) in [7, 11) is 0. The van der Waals surface area contributed by atoms with Crippen LogP contribution in [0, 0.1) is 6.92 Å². The average molecular weight is 336 g/mol. The van der Waals surface area contributed by atoms with Crippen LogP contribution in [-0.2, 0) is 0 Å². The molecule has 0 bridgehead atoms.